The third-order valence-corrected chi connectivity index (χ3v) is 6.91. The van der Waals surface area contributed by atoms with Crippen LogP contribution in [0.15, 0.2) is 23.8 Å². The van der Waals surface area contributed by atoms with Gasteiger partial charge in [0.1, 0.15) is 18.3 Å². The molecule has 24 heavy (non-hydrogen) atoms. The molecule has 1 spiro atoms. The van der Waals surface area contributed by atoms with E-state index in [1.165, 1.54) is 0 Å². The van der Waals surface area contributed by atoms with E-state index in [1.54, 1.807) is 6.08 Å². The number of hydrogen-bond acceptors (Lipinski definition) is 5. The van der Waals surface area contributed by atoms with Gasteiger partial charge < -0.3 is 14.2 Å². The highest BCUT2D eigenvalue weighted by Gasteiger charge is 2.82. The van der Waals surface area contributed by atoms with Crippen molar-refractivity contribution >= 4 is 11.9 Å². The molecule has 0 amide bonds. The van der Waals surface area contributed by atoms with Crippen LogP contribution in [-0.2, 0) is 23.8 Å². The summed E-state index contributed by atoms with van der Waals surface area (Å²) in [6.07, 6.45) is 5.64. The summed E-state index contributed by atoms with van der Waals surface area (Å²) in [5.74, 6) is -0.360. The molecule has 3 fully saturated rings. The minimum atomic E-state index is -0.648. The first-order valence-corrected chi connectivity index (χ1v) is 8.75. The summed E-state index contributed by atoms with van der Waals surface area (Å²) in [5.41, 5.74) is -0.593. The number of epoxide rings is 1. The molecule has 0 bridgehead atoms. The smallest absolute Gasteiger partial charge is 0.331 e. The van der Waals surface area contributed by atoms with E-state index < -0.39 is 11.0 Å². The van der Waals surface area contributed by atoms with Crippen LogP contribution in [0.25, 0.3) is 0 Å². The largest absolute Gasteiger partial charge is 0.458 e. The summed E-state index contributed by atoms with van der Waals surface area (Å²) in [6.45, 7) is 8.17. The number of allylic oxidation sites excluding steroid dienone is 1. The van der Waals surface area contributed by atoms with Crippen molar-refractivity contribution in [3.05, 3.63) is 23.8 Å². The van der Waals surface area contributed by atoms with Crippen LogP contribution in [0.1, 0.15) is 34.1 Å². The quantitative estimate of drug-likeness (QED) is 0.419. The fourth-order valence-electron chi connectivity index (χ4n) is 5.98. The van der Waals surface area contributed by atoms with Crippen LogP contribution >= 0.6 is 0 Å². The first kappa shape index (κ1) is 14.7. The van der Waals surface area contributed by atoms with Crippen molar-refractivity contribution in [3.8, 4) is 0 Å². The van der Waals surface area contributed by atoms with Gasteiger partial charge in [0.25, 0.3) is 0 Å². The van der Waals surface area contributed by atoms with Gasteiger partial charge in [0.2, 0.25) is 0 Å². The van der Waals surface area contributed by atoms with Gasteiger partial charge in [0.05, 0.1) is 5.41 Å². The molecule has 0 radical (unpaired) electrons. The SMILES string of the molecule is CC(C)[C@H]1OC(=O)C=C2[C@@]13O[C@@H]3[C@H]1OC(=O)[C@@]3(C)C=CC[C@@]2(C)[C@H]13. The third-order valence-electron chi connectivity index (χ3n) is 6.91. The summed E-state index contributed by atoms with van der Waals surface area (Å²) < 4.78 is 17.7. The standard InChI is InChI=1S/C19H22O5/c1-9(2)14-19-10(8-11(20)22-14)17(3)6-5-7-18(4)13(17)12(15(19)24-19)23-16(18)21/h5,7-9,12-15H,6H2,1-4H3/t12-,13-,14+,15+,17+,18-,19+/m0/s1. The zero-order chi connectivity index (χ0) is 17.1. The second-order valence-corrected chi connectivity index (χ2v) is 8.65. The number of carbonyl (C=O) groups is 2. The van der Waals surface area contributed by atoms with E-state index in [1.807, 2.05) is 26.8 Å². The minimum Gasteiger partial charge on any atom is -0.458 e. The molecule has 1 saturated carbocycles. The molecule has 7 atom stereocenters. The van der Waals surface area contributed by atoms with Gasteiger partial charge in [-0.3, -0.25) is 4.79 Å². The van der Waals surface area contributed by atoms with Crippen molar-refractivity contribution in [2.75, 3.05) is 0 Å². The fraction of sp³-hybridized carbons (Fsp3) is 0.684. The summed E-state index contributed by atoms with van der Waals surface area (Å²) >= 11 is 0. The van der Waals surface area contributed by atoms with Crippen molar-refractivity contribution in [2.24, 2.45) is 22.7 Å². The molecule has 5 heteroatoms. The molecule has 2 saturated heterocycles. The van der Waals surface area contributed by atoms with Crippen LogP contribution in [0.2, 0.25) is 0 Å². The van der Waals surface area contributed by atoms with E-state index >= 15 is 0 Å². The molecule has 5 rings (SSSR count). The molecule has 0 unspecified atom stereocenters. The summed E-state index contributed by atoms with van der Waals surface area (Å²) in [6, 6.07) is 0. The monoisotopic (exact) mass is 330 g/mol. The lowest BCUT2D eigenvalue weighted by atomic mass is 9.49. The number of esters is 2. The number of carbonyl (C=O) groups excluding carboxylic acids is 2. The van der Waals surface area contributed by atoms with Crippen molar-refractivity contribution in [2.45, 2.75) is 58.0 Å². The summed E-state index contributed by atoms with van der Waals surface area (Å²) in [5, 5.41) is 0. The summed E-state index contributed by atoms with van der Waals surface area (Å²) in [4.78, 5) is 24.9. The van der Waals surface area contributed by atoms with E-state index in [9.17, 15) is 9.59 Å². The zero-order valence-corrected chi connectivity index (χ0v) is 14.4. The van der Waals surface area contributed by atoms with Crippen LogP contribution in [0.3, 0.4) is 0 Å². The van der Waals surface area contributed by atoms with E-state index in [2.05, 4.69) is 13.0 Å². The van der Waals surface area contributed by atoms with Crippen LogP contribution in [0.4, 0.5) is 0 Å². The van der Waals surface area contributed by atoms with Crippen molar-refractivity contribution in [1.82, 2.24) is 0 Å². The molecule has 3 heterocycles. The van der Waals surface area contributed by atoms with Crippen molar-refractivity contribution in [1.29, 1.82) is 0 Å². The Balaban J connectivity index is 1.74. The van der Waals surface area contributed by atoms with Gasteiger partial charge in [-0.05, 0) is 24.8 Å². The van der Waals surface area contributed by atoms with E-state index in [0.29, 0.717) is 0 Å². The van der Waals surface area contributed by atoms with Gasteiger partial charge in [-0.1, -0.05) is 32.9 Å². The number of hydrogen-bond donors (Lipinski definition) is 0. The fourth-order valence-corrected chi connectivity index (χ4v) is 5.98. The minimum absolute atomic E-state index is 0.00640. The highest BCUT2D eigenvalue weighted by Crippen LogP contribution is 2.71. The molecule has 2 aliphatic carbocycles. The van der Waals surface area contributed by atoms with Gasteiger partial charge in [-0.15, -0.1) is 0 Å². The molecule has 0 aromatic rings. The normalized spacial score (nSPS) is 53.6. The predicted octanol–water partition coefficient (Wildman–Crippen LogP) is 2.16. The third kappa shape index (κ3) is 1.35. The Morgan fingerprint density at radius 2 is 1.96 bits per heavy atom. The second kappa shape index (κ2) is 3.96. The Bertz CT molecular complexity index is 736. The molecule has 5 nitrogen and oxygen atoms in total. The van der Waals surface area contributed by atoms with Crippen molar-refractivity contribution in [3.63, 3.8) is 0 Å². The molecule has 5 aliphatic rings. The van der Waals surface area contributed by atoms with Gasteiger partial charge in [-0.25, -0.2) is 4.79 Å². The maximum atomic E-state index is 12.6. The molecular formula is C19H22O5. The van der Waals surface area contributed by atoms with Gasteiger partial charge in [0, 0.05) is 17.4 Å². The number of fused-ring (bicyclic) bond motifs is 2. The molecule has 0 aromatic carbocycles. The second-order valence-electron chi connectivity index (χ2n) is 8.65. The molecular weight excluding hydrogens is 308 g/mol. The lowest BCUT2D eigenvalue weighted by Crippen LogP contribution is -2.59. The Morgan fingerprint density at radius 3 is 2.67 bits per heavy atom. The average molecular weight is 330 g/mol. The van der Waals surface area contributed by atoms with E-state index in [0.717, 1.165) is 12.0 Å². The molecule has 128 valence electrons. The van der Waals surface area contributed by atoms with Gasteiger partial charge >= 0.3 is 11.9 Å². The topological polar surface area (TPSA) is 65.1 Å². The Kier molecular flexibility index (Phi) is 2.42. The maximum absolute atomic E-state index is 12.6. The highest BCUT2D eigenvalue weighted by atomic mass is 16.7. The first-order chi connectivity index (χ1) is 11.2. The maximum Gasteiger partial charge on any atom is 0.331 e. The number of rotatable bonds is 1. The lowest BCUT2D eigenvalue weighted by Gasteiger charge is -2.52. The predicted molar refractivity (Wildman–Crippen MR) is 83.7 cm³/mol. The molecule has 0 N–H and O–H groups in total. The Hall–Kier alpha value is -1.62. The number of cyclic esters (lactones) is 1. The highest BCUT2D eigenvalue weighted by molar-refractivity contribution is 5.87. The van der Waals surface area contributed by atoms with Crippen LogP contribution < -0.4 is 0 Å². The van der Waals surface area contributed by atoms with Crippen LogP contribution in [0, 0.1) is 22.7 Å². The lowest BCUT2D eigenvalue weighted by molar-refractivity contribution is -0.153. The van der Waals surface area contributed by atoms with Gasteiger partial charge in [-0.2, -0.15) is 0 Å². The molecule has 3 aliphatic heterocycles. The summed E-state index contributed by atoms with van der Waals surface area (Å²) in [7, 11) is 0. The molecule has 0 aromatic heterocycles. The number of ether oxygens (including phenoxy) is 3. The van der Waals surface area contributed by atoms with Crippen LogP contribution in [0.5, 0.6) is 0 Å². The van der Waals surface area contributed by atoms with Crippen LogP contribution in [-0.4, -0.2) is 35.9 Å². The Labute approximate surface area is 141 Å². The Morgan fingerprint density at radius 1 is 1.21 bits per heavy atom. The average Bonchev–Trinajstić information content (AvgIpc) is 3.16. The van der Waals surface area contributed by atoms with Crippen molar-refractivity contribution < 1.29 is 23.8 Å². The van der Waals surface area contributed by atoms with E-state index in [-0.39, 0.29) is 47.5 Å². The first-order valence-electron chi connectivity index (χ1n) is 8.75. The van der Waals surface area contributed by atoms with Gasteiger partial charge in [0.15, 0.2) is 5.60 Å². The zero-order valence-electron chi connectivity index (χ0n) is 14.4. The van der Waals surface area contributed by atoms with E-state index in [4.69, 9.17) is 14.2 Å².